The molecule has 1 N–H and O–H groups in total. The van der Waals surface area contributed by atoms with Crippen molar-refractivity contribution < 1.29 is 14.0 Å². The van der Waals surface area contributed by atoms with Crippen LogP contribution >= 0.6 is 0 Å². The van der Waals surface area contributed by atoms with Crippen molar-refractivity contribution in [2.45, 2.75) is 33.6 Å². The highest BCUT2D eigenvalue weighted by Gasteiger charge is 2.30. The average molecular weight is 432 g/mol. The Balaban J connectivity index is 1.69. The van der Waals surface area contributed by atoms with Crippen LogP contribution in [0.1, 0.15) is 54.4 Å². The molecule has 0 saturated heterocycles. The fraction of sp³-hybridized carbons (Fsp3) is 0.280. The van der Waals surface area contributed by atoms with Gasteiger partial charge in [0.25, 0.3) is 11.8 Å². The van der Waals surface area contributed by atoms with Gasteiger partial charge in [-0.2, -0.15) is 0 Å². The third-order valence-electron chi connectivity index (χ3n) is 6.10. The van der Waals surface area contributed by atoms with E-state index in [0.29, 0.717) is 36.3 Å². The molecule has 2 amide bonds. The Morgan fingerprint density at radius 1 is 1.16 bits per heavy atom. The van der Waals surface area contributed by atoms with Crippen molar-refractivity contribution in [3.8, 4) is 0 Å². The summed E-state index contributed by atoms with van der Waals surface area (Å²) in [5, 5.41) is 2.56. The number of amides is 2. The van der Waals surface area contributed by atoms with Gasteiger partial charge in [-0.3, -0.25) is 19.5 Å². The van der Waals surface area contributed by atoms with Crippen molar-refractivity contribution in [2.75, 3.05) is 18.5 Å². The first-order chi connectivity index (χ1) is 15.3. The summed E-state index contributed by atoms with van der Waals surface area (Å²) in [6.07, 6.45) is 2.90. The van der Waals surface area contributed by atoms with Crippen LogP contribution in [0.3, 0.4) is 0 Å². The number of carbonyl (C=O) groups excluding carboxylic acids is 2. The van der Waals surface area contributed by atoms with Crippen molar-refractivity contribution in [1.29, 1.82) is 0 Å². The highest BCUT2D eigenvalue weighted by Crippen LogP contribution is 2.31. The summed E-state index contributed by atoms with van der Waals surface area (Å²) in [5.41, 5.74) is 6.76. The minimum atomic E-state index is -0.501. The predicted octanol–water partition coefficient (Wildman–Crippen LogP) is 3.69. The number of carbonyl (C=O) groups is 2. The number of benzene rings is 1. The summed E-state index contributed by atoms with van der Waals surface area (Å²) in [6, 6.07) is 8.41. The lowest BCUT2D eigenvalue weighted by Crippen LogP contribution is -2.39. The van der Waals surface area contributed by atoms with E-state index in [1.54, 1.807) is 32.3 Å². The zero-order valence-electron chi connectivity index (χ0n) is 18.6. The minimum absolute atomic E-state index is 0.0782. The Kier molecular flexibility index (Phi) is 5.74. The zero-order valence-corrected chi connectivity index (χ0v) is 18.6. The zero-order chi connectivity index (χ0) is 23.0. The largest absolute Gasteiger partial charge is 0.354 e. The molecule has 1 aromatic carbocycles. The lowest BCUT2D eigenvalue weighted by molar-refractivity contribution is 0.0955. The van der Waals surface area contributed by atoms with Crippen molar-refractivity contribution >= 4 is 17.6 Å². The van der Waals surface area contributed by atoms with Crippen molar-refractivity contribution in [3.05, 3.63) is 87.1 Å². The number of aromatic nitrogens is 2. The second-order valence-corrected chi connectivity index (χ2v) is 8.08. The predicted molar refractivity (Wildman–Crippen MR) is 121 cm³/mol. The molecule has 32 heavy (non-hydrogen) atoms. The monoisotopic (exact) mass is 432 g/mol. The number of pyridine rings is 2. The molecule has 1 aliphatic heterocycles. The molecule has 3 heterocycles. The molecule has 0 saturated carbocycles. The molecule has 3 aromatic rings. The number of nitrogens with zero attached hydrogens (tertiary/aromatic N) is 3. The summed E-state index contributed by atoms with van der Waals surface area (Å²) in [4.78, 5) is 35.0. The highest BCUT2D eigenvalue weighted by molar-refractivity contribution is 6.08. The first-order valence-corrected chi connectivity index (χ1v) is 10.5. The lowest BCUT2D eigenvalue weighted by atomic mass is 9.86. The third-order valence-corrected chi connectivity index (χ3v) is 6.10. The smallest absolute Gasteiger partial charge is 0.269 e. The maximum Gasteiger partial charge on any atom is 0.269 e. The maximum atomic E-state index is 14.4. The number of anilines is 1. The van der Waals surface area contributed by atoms with Crippen molar-refractivity contribution in [2.24, 2.45) is 0 Å². The minimum Gasteiger partial charge on any atom is -0.354 e. The standard InChI is InChI=1S/C25H25FN4O2/c1-14-5-7-21(26)23(29-14)30-10-9-19-16(3)15(2)18(12-20(19)25(30)32)11-17-6-8-22(28-13-17)24(31)27-4/h5-8,12-13H,9-11H2,1-4H3,(H,27,31). The van der Waals surface area contributed by atoms with Crippen LogP contribution in [-0.2, 0) is 12.8 Å². The van der Waals surface area contributed by atoms with Gasteiger partial charge in [-0.1, -0.05) is 6.07 Å². The second kappa shape index (κ2) is 8.49. The van der Waals surface area contributed by atoms with Crippen LogP contribution in [0.4, 0.5) is 10.2 Å². The topological polar surface area (TPSA) is 75.2 Å². The van der Waals surface area contributed by atoms with E-state index in [2.05, 4.69) is 22.2 Å². The molecule has 1 aliphatic rings. The number of rotatable bonds is 4. The molecule has 0 fully saturated rings. The van der Waals surface area contributed by atoms with Crippen LogP contribution in [-0.4, -0.2) is 35.4 Å². The molecule has 0 unspecified atom stereocenters. The Morgan fingerprint density at radius 2 is 1.94 bits per heavy atom. The summed E-state index contributed by atoms with van der Waals surface area (Å²) < 4.78 is 14.4. The van der Waals surface area contributed by atoms with Gasteiger partial charge in [-0.25, -0.2) is 9.37 Å². The van der Waals surface area contributed by atoms with Crippen molar-refractivity contribution in [3.63, 3.8) is 0 Å². The van der Waals surface area contributed by atoms with Gasteiger partial charge in [0.1, 0.15) is 5.69 Å². The van der Waals surface area contributed by atoms with E-state index >= 15 is 0 Å². The van der Waals surface area contributed by atoms with Crippen LogP contribution in [0.25, 0.3) is 0 Å². The van der Waals surface area contributed by atoms with Crippen LogP contribution < -0.4 is 10.2 Å². The number of hydrogen-bond donors (Lipinski definition) is 1. The first kappa shape index (κ1) is 21.6. The van der Waals surface area contributed by atoms with Gasteiger partial charge in [0, 0.05) is 31.0 Å². The summed E-state index contributed by atoms with van der Waals surface area (Å²) >= 11 is 0. The SMILES string of the molecule is CNC(=O)c1ccc(Cc2cc3c(c(C)c2C)CCN(c2nc(C)ccc2F)C3=O)cn1. The lowest BCUT2D eigenvalue weighted by Gasteiger charge is -2.30. The van der Waals surface area contributed by atoms with E-state index in [4.69, 9.17) is 0 Å². The normalized spacial score (nSPS) is 13.2. The summed E-state index contributed by atoms with van der Waals surface area (Å²) in [7, 11) is 1.57. The average Bonchev–Trinajstić information content (AvgIpc) is 2.79. The van der Waals surface area contributed by atoms with E-state index in [1.807, 2.05) is 19.1 Å². The number of hydrogen-bond acceptors (Lipinski definition) is 4. The number of aryl methyl sites for hydroxylation is 1. The second-order valence-electron chi connectivity index (χ2n) is 8.08. The summed E-state index contributed by atoms with van der Waals surface area (Å²) in [6.45, 7) is 6.25. The molecule has 0 spiro atoms. The van der Waals surface area contributed by atoms with E-state index < -0.39 is 5.82 Å². The molecular weight excluding hydrogens is 407 g/mol. The number of fused-ring (bicyclic) bond motifs is 1. The van der Waals surface area contributed by atoms with E-state index in [9.17, 15) is 14.0 Å². The van der Waals surface area contributed by atoms with Crippen LogP contribution in [0.2, 0.25) is 0 Å². The van der Waals surface area contributed by atoms with Gasteiger partial charge in [0.15, 0.2) is 11.6 Å². The van der Waals surface area contributed by atoms with E-state index in [-0.39, 0.29) is 17.6 Å². The van der Waals surface area contributed by atoms with Crippen molar-refractivity contribution in [1.82, 2.24) is 15.3 Å². The molecule has 0 bridgehead atoms. The van der Waals surface area contributed by atoms with Gasteiger partial charge in [0.2, 0.25) is 0 Å². The maximum absolute atomic E-state index is 14.4. The molecule has 0 radical (unpaired) electrons. The highest BCUT2D eigenvalue weighted by atomic mass is 19.1. The fourth-order valence-corrected chi connectivity index (χ4v) is 4.13. The van der Waals surface area contributed by atoms with Gasteiger partial charge in [-0.05, 0) is 85.7 Å². The molecule has 6 nitrogen and oxygen atoms in total. The van der Waals surface area contributed by atoms with E-state index in [1.165, 1.54) is 11.0 Å². The first-order valence-electron chi connectivity index (χ1n) is 10.5. The van der Waals surface area contributed by atoms with Gasteiger partial charge in [0.05, 0.1) is 0 Å². The quantitative estimate of drug-likeness (QED) is 0.682. The Bertz CT molecular complexity index is 1220. The van der Waals surface area contributed by atoms with Gasteiger partial charge in [-0.15, -0.1) is 0 Å². The summed E-state index contributed by atoms with van der Waals surface area (Å²) in [5.74, 6) is -0.895. The van der Waals surface area contributed by atoms with Crippen LogP contribution in [0.15, 0.2) is 36.5 Å². The fourth-order valence-electron chi connectivity index (χ4n) is 4.13. The Labute approximate surface area is 186 Å². The number of nitrogens with one attached hydrogen (secondary N) is 1. The molecule has 4 rings (SSSR count). The Hall–Kier alpha value is -3.61. The molecule has 164 valence electrons. The molecule has 7 heteroatoms. The molecular formula is C25H25FN4O2. The molecule has 0 atom stereocenters. The van der Waals surface area contributed by atoms with Gasteiger partial charge >= 0.3 is 0 Å². The van der Waals surface area contributed by atoms with E-state index in [0.717, 1.165) is 27.8 Å². The number of halogens is 1. The van der Waals surface area contributed by atoms with Gasteiger partial charge < -0.3 is 5.32 Å². The van der Waals surface area contributed by atoms with Crippen LogP contribution in [0, 0.1) is 26.6 Å². The third kappa shape index (κ3) is 3.86. The molecule has 0 aliphatic carbocycles. The Morgan fingerprint density at radius 3 is 2.62 bits per heavy atom. The molecule has 2 aromatic heterocycles. The van der Waals surface area contributed by atoms with Crippen LogP contribution in [0.5, 0.6) is 0 Å².